The van der Waals surface area contributed by atoms with Crippen LogP contribution >= 0.6 is 11.6 Å². The molecule has 1 saturated heterocycles. The third-order valence-electron chi connectivity index (χ3n) is 5.18. The van der Waals surface area contributed by atoms with E-state index in [0.29, 0.717) is 41.7 Å². The molecule has 0 aliphatic carbocycles. The molecule has 12 heteroatoms. The summed E-state index contributed by atoms with van der Waals surface area (Å²) in [6.07, 6.45) is 1.45. The monoisotopic (exact) mass is 504 g/mol. The van der Waals surface area contributed by atoms with E-state index in [0.717, 1.165) is 18.8 Å². The molecule has 1 aliphatic heterocycles. The van der Waals surface area contributed by atoms with Crippen molar-refractivity contribution in [1.29, 1.82) is 0 Å². The van der Waals surface area contributed by atoms with Gasteiger partial charge in [-0.2, -0.15) is 4.98 Å². The maximum absolute atomic E-state index is 11.6. The molecule has 1 aliphatic rings. The number of nitrogens with zero attached hydrogens (tertiary/aromatic N) is 3. The highest BCUT2D eigenvalue weighted by Crippen LogP contribution is 2.33. The fraction of sp³-hybridized carbons (Fsp3) is 0.273. The van der Waals surface area contributed by atoms with Gasteiger partial charge < -0.3 is 25.0 Å². The van der Waals surface area contributed by atoms with E-state index in [9.17, 15) is 8.42 Å². The van der Waals surface area contributed by atoms with Gasteiger partial charge in [-0.25, -0.2) is 18.5 Å². The minimum Gasteiger partial charge on any atom is -0.494 e. The average molecular weight is 505 g/mol. The van der Waals surface area contributed by atoms with Crippen molar-refractivity contribution in [2.24, 2.45) is 5.14 Å². The number of nitrogens with one attached hydrogen (secondary N) is 2. The van der Waals surface area contributed by atoms with Gasteiger partial charge in [0.2, 0.25) is 16.0 Å². The lowest BCUT2D eigenvalue weighted by Crippen LogP contribution is -2.36. The molecule has 4 N–H and O–H groups in total. The first-order valence-corrected chi connectivity index (χ1v) is 12.6. The Bertz CT molecular complexity index is 1270. The molecule has 3 aromatic rings. The van der Waals surface area contributed by atoms with E-state index in [4.69, 9.17) is 26.2 Å². The number of hydrogen-bond donors (Lipinski definition) is 3. The molecule has 2 heterocycles. The van der Waals surface area contributed by atoms with E-state index in [-0.39, 0.29) is 16.7 Å². The molecule has 0 radical (unpaired) electrons. The third kappa shape index (κ3) is 6.06. The van der Waals surface area contributed by atoms with Gasteiger partial charge >= 0.3 is 0 Å². The molecule has 34 heavy (non-hydrogen) atoms. The third-order valence-corrected chi connectivity index (χ3v) is 6.17. The fourth-order valence-corrected chi connectivity index (χ4v) is 4.37. The Morgan fingerprint density at radius 2 is 1.91 bits per heavy atom. The van der Waals surface area contributed by atoms with Crippen LogP contribution in [0.1, 0.15) is 5.56 Å². The SMILES string of the molecule is COc1cc(N2CCOCC2)ccc1Nc1ncc(Cl)c(Nc2ccccc2CS(N)(=O)=O)n1. The van der Waals surface area contributed by atoms with Crippen LogP contribution in [0.3, 0.4) is 0 Å². The van der Waals surface area contributed by atoms with Gasteiger partial charge in [0.25, 0.3) is 0 Å². The van der Waals surface area contributed by atoms with Crippen molar-refractivity contribution in [3.05, 3.63) is 59.2 Å². The van der Waals surface area contributed by atoms with Crippen LogP contribution in [0.5, 0.6) is 5.75 Å². The van der Waals surface area contributed by atoms with E-state index in [1.54, 1.807) is 31.4 Å². The molecule has 0 bridgehead atoms. The number of methoxy groups -OCH3 is 1. The quantitative estimate of drug-likeness (QED) is 0.423. The second-order valence-electron chi connectivity index (χ2n) is 7.59. The summed E-state index contributed by atoms with van der Waals surface area (Å²) in [5.74, 6) is 0.908. The molecular formula is C22H25ClN6O4S. The molecule has 180 valence electrons. The Morgan fingerprint density at radius 3 is 2.65 bits per heavy atom. The van der Waals surface area contributed by atoms with Gasteiger partial charge in [-0.05, 0) is 23.8 Å². The van der Waals surface area contributed by atoms with Crippen LogP contribution < -0.4 is 25.4 Å². The Labute approximate surface area is 203 Å². The Morgan fingerprint density at radius 1 is 1.15 bits per heavy atom. The molecular weight excluding hydrogens is 480 g/mol. The summed E-state index contributed by atoms with van der Waals surface area (Å²) in [5, 5.41) is 11.7. The number of aromatic nitrogens is 2. The first-order valence-electron chi connectivity index (χ1n) is 10.5. The van der Waals surface area contributed by atoms with Crippen molar-refractivity contribution < 1.29 is 17.9 Å². The zero-order valence-electron chi connectivity index (χ0n) is 18.5. The summed E-state index contributed by atoms with van der Waals surface area (Å²) in [5.41, 5.74) is 2.74. The standard InChI is InChI=1S/C22H25ClN6O4S/c1-32-20-12-16(29-8-10-33-11-9-29)6-7-19(20)27-22-25-13-17(23)21(28-22)26-18-5-3-2-4-15(18)14-34(24,30)31/h2-7,12-13H,8-11,14H2,1H3,(H2,24,30,31)(H2,25,26,27,28). The van der Waals surface area contributed by atoms with Gasteiger partial charge in [0, 0.05) is 30.5 Å². The number of benzene rings is 2. The lowest BCUT2D eigenvalue weighted by Gasteiger charge is -2.29. The molecule has 0 amide bonds. The van der Waals surface area contributed by atoms with Crippen molar-refractivity contribution in [2.75, 3.05) is 48.9 Å². The predicted octanol–water partition coefficient (Wildman–Crippen LogP) is 3.25. The van der Waals surface area contributed by atoms with Crippen LogP contribution in [-0.4, -0.2) is 51.8 Å². The number of rotatable bonds is 8. The van der Waals surface area contributed by atoms with E-state index in [1.807, 2.05) is 18.2 Å². The largest absolute Gasteiger partial charge is 0.494 e. The maximum atomic E-state index is 11.6. The van der Waals surface area contributed by atoms with Gasteiger partial charge in [0.15, 0.2) is 5.82 Å². The number of morpholine rings is 1. The molecule has 1 fully saturated rings. The second kappa shape index (κ2) is 10.4. The summed E-state index contributed by atoms with van der Waals surface area (Å²) < 4.78 is 34.2. The van der Waals surface area contributed by atoms with E-state index in [2.05, 4.69) is 25.5 Å². The summed E-state index contributed by atoms with van der Waals surface area (Å²) in [6.45, 7) is 3.02. The molecule has 10 nitrogen and oxygen atoms in total. The molecule has 4 rings (SSSR count). The highest BCUT2D eigenvalue weighted by atomic mass is 35.5. The number of sulfonamides is 1. The van der Waals surface area contributed by atoms with Gasteiger partial charge in [0.05, 0.1) is 38.0 Å². The van der Waals surface area contributed by atoms with Crippen LogP contribution in [0.2, 0.25) is 5.02 Å². The fourth-order valence-electron chi connectivity index (χ4n) is 3.55. The first-order chi connectivity index (χ1) is 16.3. The normalized spacial score (nSPS) is 14.0. The maximum Gasteiger partial charge on any atom is 0.229 e. The minimum atomic E-state index is -3.71. The Kier molecular flexibility index (Phi) is 7.37. The van der Waals surface area contributed by atoms with Gasteiger partial charge in [-0.15, -0.1) is 0 Å². The molecule has 1 aromatic heterocycles. The smallest absolute Gasteiger partial charge is 0.229 e. The Hall–Kier alpha value is -3.12. The predicted molar refractivity (Wildman–Crippen MR) is 133 cm³/mol. The molecule has 0 atom stereocenters. The molecule has 0 spiro atoms. The number of nitrogens with two attached hydrogens (primary N) is 1. The van der Waals surface area contributed by atoms with Crippen molar-refractivity contribution in [2.45, 2.75) is 5.75 Å². The van der Waals surface area contributed by atoms with Crippen LogP contribution in [0.4, 0.5) is 28.8 Å². The van der Waals surface area contributed by atoms with Gasteiger partial charge in [-0.3, -0.25) is 0 Å². The van der Waals surface area contributed by atoms with Crippen LogP contribution in [0, 0.1) is 0 Å². The van der Waals surface area contributed by atoms with Crippen molar-refractivity contribution >= 4 is 50.5 Å². The number of hydrogen-bond acceptors (Lipinski definition) is 9. The highest BCUT2D eigenvalue weighted by molar-refractivity contribution is 7.88. The topological polar surface area (TPSA) is 132 Å². The molecule has 0 saturated carbocycles. The number of ether oxygens (including phenoxy) is 2. The first kappa shape index (κ1) is 24.0. The van der Waals surface area contributed by atoms with Gasteiger partial charge in [0.1, 0.15) is 10.8 Å². The molecule has 2 aromatic carbocycles. The van der Waals surface area contributed by atoms with Crippen molar-refractivity contribution in [3.63, 3.8) is 0 Å². The van der Waals surface area contributed by atoms with Crippen LogP contribution in [-0.2, 0) is 20.5 Å². The summed E-state index contributed by atoms with van der Waals surface area (Å²) in [7, 11) is -2.11. The zero-order valence-corrected chi connectivity index (χ0v) is 20.1. The van der Waals surface area contributed by atoms with Crippen molar-refractivity contribution in [3.8, 4) is 5.75 Å². The Balaban J connectivity index is 1.56. The van der Waals surface area contributed by atoms with E-state index in [1.165, 1.54) is 6.20 Å². The second-order valence-corrected chi connectivity index (χ2v) is 9.61. The average Bonchev–Trinajstić information content (AvgIpc) is 2.82. The summed E-state index contributed by atoms with van der Waals surface area (Å²) in [6, 6.07) is 12.7. The summed E-state index contributed by atoms with van der Waals surface area (Å²) >= 11 is 6.30. The van der Waals surface area contributed by atoms with Crippen molar-refractivity contribution in [1.82, 2.24) is 9.97 Å². The minimum absolute atomic E-state index is 0.269. The van der Waals surface area contributed by atoms with E-state index >= 15 is 0 Å². The zero-order chi connectivity index (χ0) is 24.1. The lowest BCUT2D eigenvalue weighted by atomic mass is 10.2. The van der Waals surface area contributed by atoms with Crippen LogP contribution in [0.25, 0.3) is 0 Å². The van der Waals surface area contributed by atoms with E-state index < -0.39 is 10.0 Å². The number of anilines is 5. The van der Waals surface area contributed by atoms with Gasteiger partial charge in [-0.1, -0.05) is 29.8 Å². The number of primary sulfonamides is 1. The molecule has 0 unspecified atom stereocenters. The number of halogens is 1. The van der Waals surface area contributed by atoms with Crippen LogP contribution in [0.15, 0.2) is 48.7 Å². The summed E-state index contributed by atoms with van der Waals surface area (Å²) in [4.78, 5) is 10.9. The lowest BCUT2D eigenvalue weighted by molar-refractivity contribution is 0.122. The number of para-hydroxylation sites is 1. The highest BCUT2D eigenvalue weighted by Gasteiger charge is 2.16.